The molecule has 0 bridgehead atoms. The molecule has 25 heavy (non-hydrogen) atoms. The lowest BCUT2D eigenvalue weighted by molar-refractivity contribution is -0.131. The summed E-state index contributed by atoms with van der Waals surface area (Å²) in [6.07, 6.45) is 10.1. The number of aliphatic hydroxyl groups excluding tert-OH is 1. The van der Waals surface area contributed by atoms with E-state index in [1.165, 1.54) is 11.3 Å². The van der Waals surface area contributed by atoms with Crippen LogP contribution in [-0.2, 0) is 4.79 Å². The number of amides is 3. The summed E-state index contributed by atoms with van der Waals surface area (Å²) in [5, 5.41) is 13.4. The molecule has 0 radical (unpaired) electrons. The summed E-state index contributed by atoms with van der Waals surface area (Å²) < 4.78 is 0. The minimum atomic E-state index is -0.596. The summed E-state index contributed by atoms with van der Waals surface area (Å²) >= 11 is 0. The third-order valence-electron chi connectivity index (χ3n) is 7.00. The third-order valence-corrected chi connectivity index (χ3v) is 7.00. The highest BCUT2D eigenvalue weighted by atomic mass is 16.3. The predicted molar refractivity (Wildman–Crippen MR) is 94.0 cm³/mol. The molecule has 4 rings (SSSR count). The number of urea groups is 1. The average molecular weight is 349 g/mol. The maximum atomic E-state index is 12.8. The largest absolute Gasteiger partial charge is 0.393 e. The van der Waals surface area contributed by atoms with Crippen molar-refractivity contribution >= 4 is 11.9 Å². The Labute approximate surface area is 149 Å². The van der Waals surface area contributed by atoms with Gasteiger partial charge in [-0.15, -0.1) is 0 Å². The van der Waals surface area contributed by atoms with E-state index in [1.807, 2.05) is 0 Å². The maximum absolute atomic E-state index is 12.8. The van der Waals surface area contributed by atoms with Crippen molar-refractivity contribution in [2.24, 2.45) is 5.92 Å². The van der Waals surface area contributed by atoms with Crippen molar-refractivity contribution in [2.75, 3.05) is 19.6 Å². The van der Waals surface area contributed by atoms with Gasteiger partial charge in [0.15, 0.2) is 0 Å². The Kier molecular flexibility index (Phi) is 4.75. The minimum absolute atomic E-state index is 0.0107. The standard InChI is InChI=1S/C19H31N3O3/c23-16-8-2-1-6-14(16)15-7-5-11-21(15)12-13-22-17(24)19(20-18(22)25)9-3-4-10-19/h14-16,23H,1-13H2,(H,20,25). The number of hydrogen-bond donors (Lipinski definition) is 2. The van der Waals surface area contributed by atoms with E-state index < -0.39 is 5.54 Å². The number of hydrogen-bond acceptors (Lipinski definition) is 4. The van der Waals surface area contributed by atoms with E-state index in [2.05, 4.69) is 10.2 Å². The molecular formula is C19H31N3O3. The van der Waals surface area contributed by atoms with Crippen LogP contribution in [0.15, 0.2) is 0 Å². The van der Waals surface area contributed by atoms with Gasteiger partial charge in [-0.05, 0) is 45.1 Å². The van der Waals surface area contributed by atoms with Crippen LogP contribution in [0.5, 0.6) is 0 Å². The molecule has 2 saturated heterocycles. The minimum Gasteiger partial charge on any atom is -0.393 e. The number of likely N-dealkylation sites (tertiary alicyclic amines) is 1. The summed E-state index contributed by atoms with van der Waals surface area (Å²) in [7, 11) is 0. The van der Waals surface area contributed by atoms with Crippen LogP contribution < -0.4 is 5.32 Å². The van der Waals surface area contributed by atoms with E-state index >= 15 is 0 Å². The summed E-state index contributed by atoms with van der Waals surface area (Å²) in [5.74, 6) is 0.351. The SMILES string of the molecule is O=C1NC2(CCCC2)C(=O)N1CCN1CCCC1C1CCCCC1O. The van der Waals surface area contributed by atoms with E-state index in [0.29, 0.717) is 18.5 Å². The maximum Gasteiger partial charge on any atom is 0.325 e. The van der Waals surface area contributed by atoms with Gasteiger partial charge in [0.1, 0.15) is 5.54 Å². The highest BCUT2D eigenvalue weighted by Crippen LogP contribution is 2.36. The molecule has 3 unspecified atom stereocenters. The Morgan fingerprint density at radius 3 is 2.52 bits per heavy atom. The molecule has 6 nitrogen and oxygen atoms in total. The second-order valence-corrected chi connectivity index (χ2v) is 8.44. The molecule has 3 atom stereocenters. The van der Waals surface area contributed by atoms with Crippen LogP contribution in [-0.4, -0.2) is 64.2 Å². The summed E-state index contributed by atoms with van der Waals surface area (Å²) in [4.78, 5) is 28.9. The van der Waals surface area contributed by atoms with Gasteiger partial charge in [-0.2, -0.15) is 0 Å². The van der Waals surface area contributed by atoms with Gasteiger partial charge in [0.25, 0.3) is 5.91 Å². The van der Waals surface area contributed by atoms with Crippen molar-refractivity contribution < 1.29 is 14.7 Å². The van der Waals surface area contributed by atoms with Crippen LogP contribution in [0.1, 0.15) is 64.2 Å². The number of nitrogens with zero attached hydrogens (tertiary/aromatic N) is 2. The zero-order chi connectivity index (χ0) is 17.4. The van der Waals surface area contributed by atoms with E-state index in [0.717, 1.165) is 70.9 Å². The van der Waals surface area contributed by atoms with Gasteiger partial charge >= 0.3 is 6.03 Å². The number of carbonyl (C=O) groups excluding carboxylic acids is 2. The number of rotatable bonds is 4. The first kappa shape index (κ1) is 17.3. The quantitative estimate of drug-likeness (QED) is 0.760. The number of aliphatic hydroxyl groups is 1. The molecule has 0 aromatic carbocycles. The van der Waals surface area contributed by atoms with Crippen molar-refractivity contribution in [3.8, 4) is 0 Å². The first-order valence-corrected chi connectivity index (χ1v) is 10.2. The average Bonchev–Trinajstić information content (AvgIpc) is 3.29. The molecule has 2 aliphatic carbocycles. The van der Waals surface area contributed by atoms with Gasteiger partial charge in [-0.3, -0.25) is 14.6 Å². The van der Waals surface area contributed by atoms with Crippen molar-refractivity contribution in [3.05, 3.63) is 0 Å². The van der Waals surface area contributed by atoms with Crippen LogP contribution >= 0.6 is 0 Å². The first-order chi connectivity index (χ1) is 12.1. The van der Waals surface area contributed by atoms with Gasteiger partial charge in [0, 0.05) is 25.0 Å². The van der Waals surface area contributed by atoms with Crippen LogP contribution in [0.4, 0.5) is 4.79 Å². The lowest BCUT2D eigenvalue weighted by Gasteiger charge is -2.37. The number of imide groups is 1. The van der Waals surface area contributed by atoms with Crippen molar-refractivity contribution in [1.29, 1.82) is 0 Å². The first-order valence-electron chi connectivity index (χ1n) is 10.2. The molecule has 0 aromatic rings. The van der Waals surface area contributed by atoms with E-state index in [9.17, 15) is 14.7 Å². The Hall–Kier alpha value is -1.14. The van der Waals surface area contributed by atoms with Crippen LogP contribution in [0.25, 0.3) is 0 Å². The fourth-order valence-electron chi connectivity index (χ4n) is 5.63. The molecule has 1 spiro atoms. The van der Waals surface area contributed by atoms with E-state index in [-0.39, 0.29) is 18.0 Å². The van der Waals surface area contributed by atoms with Gasteiger partial charge in [0.2, 0.25) is 0 Å². The zero-order valence-corrected chi connectivity index (χ0v) is 15.1. The topological polar surface area (TPSA) is 72.9 Å². The van der Waals surface area contributed by atoms with E-state index in [4.69, 9.17) is 0 Å². The van der Waals surface area contributed by atoms with Crippen LogP contribution in [0, 0.1) is 5.92 Å². The number of nitrogens with one attached hydrogen (secondary N) is 1. The molecule has 140 valence electrons. The summed E-state index contributed by atoms with van der Waals surface area (Å²) in [6, 6.07) is 0.205. The molecule has 4 fully saturated rings. The molecule has 3 amide bonds. The Morgan fingerprint density at radius 2 is 1.76 bits per heavy atom. The Balaban J connectivity index is 1.37. The number of carbonyl (C=O) groups is 2. The molecule has 2 heterocycles. The van der Waals surface area contributed by atoms with Gasteiger partial charge in [-0.1, -0.05) is 25.7 Å². The van der Waals surface area contributed by atoms with Gasteiger partial charge in [-0.25, -0.2) is 4.79 Å². The second-order valence-electron chi connectivity index (χ2n) is 8.44. The molecule has 2 saturated carbocycles. The molecule has 2 N–H and O–H groups in total. The van der Waals surface area contributed by atoms with Gasteiger partial charge in [0.05, 0.1) is 6.10 Å². The highest BCUT2D eigenvalue weighted by Gasteiger charge is 2.52. The molecule has 0 aromatic heterocycles. The van der Waals surface area contributed by atoms with Crippen molar-refractivity contribution in [3.63, 3.8) is 0 Å². The smallest absolute Gasteiger partial charge is 0.325 e. The lowest BCUT2D eigenvalue weighted by Crippen LogP contribution is -2.47. The Morgan fingerprint density at radius 1 is 1.00 bits per heavy atom. The van der Waals surface area contributed by atoms with Crippen LogP contribution in [0.3, 0.4) is 0 Å². The summed E-state index contributed by atoms with van der Waals surface area (Å²) in [5.41, 5.74) is -0.596. The fourth-order valence-corrected chi connectivity index (χ4v) is 5.63. The highest BCUT2D eigenvalue weighted by molar-refractivity contribution is 6.07. The van der Waals surface area contributed by atoms with Gasteiger partial charge < -0.3 is 10.4 Å². The summed E-state index contributed by atoms with van der Waals surface area (Å²) in [6.45, 7) is 2.23. The van der Waals surface area contributed by atoms with Crippen molar-refractivity contribution in [1.82, 2.24) is 15.1 Å². The third kappa shape index (κ3) is 3.08. The Bertz CT molecular complexity index is 532. The fraction of sp³-hybridized carbons (Fsp3) is 0.895. The normalized spacial score (nSPS) is 35.7. The van der Waals surface area contributed by atoms with Crippen molar-refractivity contribution in [2.45, 2.75) is 81.9 Å². The predicted octanol–water partition coefficient (Wildman–Crippen LogP) is 1.87. The lowest BCUT2D eigenvalue weighted by atomic mass is 9.80. The molecule has 4 aliphatic rings. The zero-order valence-electron chi connectivity index (χ0n) is 15.1. The molecule has 6 heteroatoms. The second kappa shape index (κ2) is 6.88. The molecule has 2 aliphatic heterocycles. The van der Waals surface area contributed by atoms with E-state index in [1.54, 1.807) is 0 Å². The monoisotopic (exact) mass is 349 g/mol. The van der Waals surface area contributed by atoms with Crippen LogP contribution in [0.2, 0.25) is 0 Å². The molecular weight excluding hydrogens is 318 g/mol.